The zero-order chi connectivity index (χ0) is 18.0. The van der Waals surface area contributed by atoms with E-state index in [0.29, 0.717) is 10.9 Å². The van der Waals surface area contributed by atoms with Gasteiger partial charge in [-0.05, 0) is 49.6 Å². The van der Waals surface area contributed by atoms with Crippen molar-refractivity contribution >= 4 is 44.8 Å². The zero-order valence-corrected chi connectivity index (χ0v) is 15.7. The highest BCUT2D eigenvalue weighted by Crippen LogP contribution is 2.33. The summed E-state index contributed by atoms with van der Waals surface area (Å²) in [6, 6.07) is 4.57. The summed E-state index contributed by atoms with van der Waals surface area (Å²) >= 11 is 1.95. The summed E-state index contributed by atoms with van der Waals surface area (Å²) < 4.78 is 24.3. The third-order valence-corrected chi connectivity index (χ3v) is 7.55. The monoisotopic (exact) mass is 382 g/mol. The first-order valence-corrected chi connectivity index (χ1v) is 11.2. The van der Waals surface area contributed by atoms with E-state index < -0.39 is 21.5 Å². The van der Waals surface area contributed by atoms with Gasteiger partial charge in [-0.25, -0.2) is 8.42 Å². The Kier molecular flexibility index (Phi) is 5.38. The largest absolute Gasteiger partial charge is 0.326 e. The highest BCUT2D eigenvalue weighted by atomic mass is 32.2. The Balaban J connectivity index is 1.68. The van der Waals surface area contributed by atoms with Crippen LogP contribution in [0.25, 0.3) is 0 Å². The molecule has 2 N–H and O–H groups in total. The maximum atomic E-state index is 12.5. The van der Waals surface area contributed by atoms with Crippen molar-refractivity contribution in [2.75, 3.05) is 22.1 Å². The average molecular weight is 383 g/mol. The lowest BCUT2D eigenvalue weighted by atomic mass is 9.88. The van der Waals surface area contributed by atoms with Gasteiger partial charge >= 0.3 is 0 Å². The quantitative estimate of drug-likeness (QED) is 0.835. The summed E-state index contributed by atoms with van der Waals surface area (Å²) in [6.07, 6.45) is 3.81. The van der Waals surface area contributed by atoms with Crippen LogP contribution >= 0.6 is 11.8 Å². The molecular weight excluding hydrogens is 360 g/mol. The first-order valence-electron chi connectivity index (χ1n) is 8.48. The van der Waals surface area contributed by atoms with Crippen LogP contribution in [0.15, 0.2) is 23.1 Å². The molecule has 1 fully saturated rings. The predicted molar refractivity (Wildman–Crippen MR) is 99.6 cm³/mol. The second kappa shape index (κ2) is 7.37. The van der Waals surface area contributed by atoms with Crippen LogP contribution in [0, 0.1) is 5.92 Å². The SMILES string of the molecule is CCSC1CCC(C(=O)Nc2ccc3c(c2)S(=O)(=O)CC(=O)N3)CC1. The number of hydrogen-bond acceptors (Lipinski definition) is 5. The van der Waals surface area contributed by atoms with Gasteiger partial charge in [0, 0.05) is 16.9 Å². The molecule has 25 heavy (non-hydrogen) atoms. The van der Waals surface area contributed by atoms with E-state index in [-0.39, 0.29) is 22.4 Å². The van der Waals surface area contributed by atoms with E-state index in [0.717, 1.165) is 31.4 Å². The molecule has 2 aliphatic rings. The molecule has 0 radical (unpaired) electrons. The van der Waals surface area contributed by atoms with E-state index in [1.807, 2.05) is 11.8 Å². The molecular formula is C17H22N2O4S2. The van der Waals surface area contributed by atoms with E-state index in [2.05, 4.69) is 17.6 Å². The third-order valence-electron chi connectivity index (χ3n) is 4.63. The average Bonchev–Trinajstić information content (AvgIpc) is 2.55. The molecule has 6 nitrogen and oxygen atoms in total. The number of anilines is 2. The number of rotatable bonds is 4. The Bertz CT molecular complexity index is 784. The van der Waals surface area contributed by atoms with Gasteiger partial charge in [-0.15, -0.1) is 0 Å². The number of benzene rings is 1. The molecule has 1 aromatic carbocycles. The van der Waals surface area contributed by atoms with Crippen LogP contribution in [0.5, 0.6) is 0 Å². The fourth-order valence-corrected chi connectivity index (χ4v) is 5.78. The second-order valence-electron chi connectivity index (χ2n) is 6.44. The van der Waals surface area contributed by atoms with Crippen LogP contribution in [0.2, 0.25) is 0 Å². The van der Waals surface area contributed by atoms with Gasteiger partial charge in [0.1, 0.15) is 5.75 Å². The molecule has 0 saturated heterocycles. The molecule has 1 aromatic rings. The Morgan fingerprint density at radius 1 is 1.28 bits per heavy atom. The van der Waals surface area contributed by atoms with E-state index in [9.17, 15) is 18.0 Å². The Morgan fingerprint density at radius 3 is 2.68 bits per heavy atom. The molecule has 1 heterocycles. The Labute approximate surface area is 152 Å². The molecule has 0 bridgehead atoms. The molecule has 2 amide bonds. The van der Waals surface area contributed by atoms with E-state index in [1.165, 1.54) is 12.1 Å². The molecule has 1 saturated carbocycles. The van der Waals surface area contributed by atoms with Crippen LogP contribution < -0.4 is 10.6 Å². The van der Waals surface area contributed by atoms with Crippen molar-refractivity contribution in [2.24, 2.45) is 5.92 Å². The standard InChI is InChI=1S/C17H22N2O4S2/c1-2-24-13-6-3-11(4-7-13)17(21)18-12-5-8-14-15(9-12)25(22,23)10-16(20)19-14/h5,8-9,11,13H,2-4,6-7,10H2,1H3,(H,18,21)(H,19,20). The van der Waals surface area contributed by atoms with Crippen LogP contribution in [0.1, 0.15) is 32.6 Å². The predicted octanol–water partition coefficient (Wildman–Crippen LogP) is 2.66. The number of nitrogens with one attached hydrogen (secondary N) is 2. The minimum Gasteiger partial charge on any atom is -0.326 e. The molecule has 136 valence electrons. The number of hydrogen-bond donors (Lipinski definition) is 2. The Morgan fingerprint density at radius 2 is 2.00 bits per heavy atom. The number of amides is 2. The molecule has 0 atom stereocenters. The van der Waals surface area contributed by atoms with E-state index >= 15 is 0 Å². The van der Waals surface area contributed by atoms with Crippen molar-refractivity contribution in [1.82, 2.24) is 0 Å². The third kappa shape index (κ3) is 4.17. The zero-order valence-electron chi connectivity index (χ0n) is 14.1. The van der Waals surface area contributed by atoms with Crippen LogP contribution in [0.3, 0.4) is 0 Å². The van der Waals surface area contributed by atoms with E-state index in [4.69, 9.17) is 0 Å². The number of carbonyl (C=O) groups excluding carboxylic acids is 2. The molecule has 0 spiro atoms. The minimum atomic E-state index is -3.65. The fraction of sp³-hybridized carbons (Fsp3) is 0.529. The first kappa shape index (κ1) is 18.3. The van der Waals surface area contributed by atoms with Crippen molar-refractivity contribution in [3.63, 3.8) is 0 Å². The van der Waals surface area contributed by atoms with Crippen LogP contribution in [0.4, 0.5) is 11.4 Å². The van der Waals surface area contributed by atoms with Gasteiger partial charge in [0.05, 0.1) is 10.6 Å². The topological polar surface area (TPSA) is 92.3 Å². The smallest absolute Gasteiger partial charge is 0.239 e. The summed E-state index contributed by atoms with van der Waals surface area (Å²) in [6.45, 7) is 2.15. The molecule has 8 heteroatoms. The molecule has 1 aliphatic heterocycles. The summed E-state index contributed by atoms with van der Waals surface area (Å²) in [5.74, 6) is -0.0813. The van der Waals surface area contributed by atoms with Crippen molar-refractivity contribution in [3.05, 3.63) is 18.2 Å². The number of sulfone groups is 1. The second-order valence-corrected chi connectivity index (χ2v) is 9.97. The fourth-order valence-electron chi connectivity index (χ4n) is 3.37. The van der Waals surface area contributed by atoms with E-state index in [1.54, 1.807) is 6.07 Å². The molecule has 1 aliphatic carbocycles. The summed E-state index contributed by atoms with van der Waals surface area (Å²) in [4.78, 5) is 24.0. The normalized spacial score (nSPS) is 24.9. The van der Waals surface area contributed by atoms with Gasteiger partial charge in [0.2, 0.25) is 11.8 Å². The highest BCUT2D eigenvalue weighted by molar-refractivity contribution is 7.99. The number of carbonyl (C=O) groups is 2. The highest BCUT2D eigenvalue weighted by Gasteiger charge is 2.30. The van der Waals surface area contributed by atoms with Gasteiger partial charge < -0.3 is 10.6 Å². The lowest BCUT2D eigenvalue weighted by Gasteiger charge is -2.27. The number of thioether (sulfide) groups is 1. The summed E-state index contributed by atoms with van der Waals surface area (Å²) in [5, 5.41) is 6.02. The lowest BCUT2D eigenvalue weighted by molar-refractivity contribution is -0.120. The lowest BCUT2D eigenvalue weighted by Crippen LogP contribution is -2.30. The van der Waals surface area contributed by atoms with Gasteiger partial charge in [-0.2, -0.15) is 11.8 Å². The van der Waals surface area contributed by atoms with Gasteiger partial charge in [-0.3, -0.25) is 9.59 Å². The van der Waals surface area contributed by atoms with Crippen LogP contribution in [-0.2, 0) is 19.4 Å². The van der Waals surface area contributed by atoms with Gasteiger partial charge in [0.25, 0.3) is 0 Å². The summed E-state index contributed by atoms with van der Waals surface area (Å²) in [7, 11) is -3.65. The van der Waals surface area contributed by atoms with Crippen molar-refractivity contribution < 1.29 is 18.0 Å². The summed E-state index contributed by atoms with van der Waals surface area (Å²) in [5.41, 5.74) is 0.722. The molecule has 3 rings (SSSR count). The van der Waals surface area contributed by atoms with Crippen LogP contribution in [-0.4, -0.2) is 37.0 Å². The maximum absolute atomic E-state index is 12.5. The maximum Gasteiger partial charge on any atom is 0.239 e. The molecule has 0 unspecified atom stereocenters. The van der Waals surface area contributed by atoms with Crippen molar-refractivity contribution in [1.29, 1.82) is 0 Å². The first-order chi connectivity index (χ1) is 11.9. The Hall–Kier alpha value is -1.54. The van der Waals surface area contributed by atoms with Gasteiger partial charge in [0.15, 0.2) is 9.84 Å². The number of fused-ring (bicyclic) bond motifs is 1. The van der Waals surface area contributed by atoms with Crippen molar-refractivity contribution in [3.8, 4) is 0 Å². The van der Waals surface area contributed by atoms with Crippen molar-refractivity contribution in [2.45, 2.75) is 42.8 Å². The molecule has 0 aromatic heterocycles. The van der Waals surface area contributed by atoms with Gasteiger partial charge in [-0.1, -0.05) is 6.92 Å². The minimum absolute atomic E-state index is 0.0268.